The molecule has 0 saturated carbocycles. The van der Waals surface area contributed by atoms with Crippen molar-refractivity contribution < 1.29 is 8.42 Å². The molecule has 0 bridgehead atoms. The molecule has 0 aliphatic carbocycles. The van der Waals surface area contributed by atoms with Gasteiger partial charge in [0.25, 0.3) is 0 Å². The highest BCUT2D eigenvalue weighted by Gasteiger charge is 2.24. The quantitative estimate of drug-likeness (QED) is 0.851. The van der Waals surface area contributed by atoms with Gasteiger partial charge in [-0.05, 0) is 41.0 Å². The number of nitrogens with one attached hydrogen (secondary N) is 2. The first kappa shape index (κ1) is 16.2. The second-order valence-electron chi connectivity index (χ2n) is 3.86. The first-order chi connectivity index (χ1) is 8.00. The molecule has 0 spiro atoms. The van der Waals surface area contributed by atoms with Crippen LogP contribution in [0.3, 0.4) is 0 Å². The van der Waals surface area contributed by atoms with Crippen LogP contribution >= 0.6 is 39.9 Å². The van der Waals surface area contributed by atoms with E-state index in [0.29, 0.717) is 11.0 Å². The van der Waals surface area contributed by atoms with Gasteiger partial charge in [0.15, 0.2) is 0 Å². The van der Waals surface area contributed by atoms with Crippen LogP contribution in [0.2, 0.25) is 5.02 Å². The summed E-state index contributed by atoms with van der Waals surface area (Å²) >= 11 is 9.20. The van der Waals surface area contributed by atoms with E-state index in [-0.39, 0.29) is 28.4 Å². The average molecular weight is 376 g/mol. The lowest BCUT2D eigenvalue weighted by Gasteiger charge is -2.13. The van der Waals surface area contributed by atoms with E-state index in [2.05, 4.69) is 26.0 Å². The lowest BCUT2D eigenvalue weighted by atomic mass is 10.3. The minimum atomic E-state index is -3.55. The fourth-order valence-electron chi connectivity index (χ4n) is 1.73. The molecule has 1 saturated heterocycles. The lowest BCUT2D eigenvalue weighted by molar-refractivity contribution is 0.560. The highest BCUT2D eigenvalue weighted by molar-refractivity contribution is 9.10. The Balaban J connectivity index is 0.00000162. The molecule has 0 aromatic heterocycles. The van der Waals surface area contributed by atoms with Crippen LogP contribution in [0.15, 0.2) is 27.6 Å². The second kappa shape index (κ2) is 6.54. The Bertz CT molecular complexity index is 519. The van der Waals surface area contributed by atoms with E-state index in [1.807, 2.05) is 0 Å². The van der Waals surface area contributed by atoms with Gasteiger partial charge in [-0.2, -0.15) is 0 Å². The molecule has 1 aromatic carbocycles. The van der Waals surface area contributed by atoms with Gasteiger partial charge in [0.05, 0.1) is 5.02 Å². The zero-order chi connectivity index (χ0) is 12.5. The third kappa shape index (κ3) is 3.59. The number of hydrogen-bond acceptors (Lipinski definition) is 3. The Morgan fingerprint density at radius 2 is 2.17 bits per heavy atom. The van der Waals surface area contributed by atoms with Crippen LogP contribution in [0.1, 0.15) is 6.42 Å². The molecule has 1 atom stereocenters. The van der Waals surface area contributed by atoms with Gasteiger partial charge in [0.1, 0.15) is 4.90 Å². The van der Waals surface area contributed by atoms with Crippen molar-refractivity contribution in [1.29, 1.82) is 0 Å². The summed E-state index contributed by atoms with van der Waals surface area (Å²) in [6, 6.07) is 4.79. The molecule has 1 aromatic rings. The zero-order valence-corrected chi connectivity index (χ0v) is 13.3. The van der Waals surface area contributed by atoms with E-state index in [4.69, 9.17) is 11.6 Å². The summed E-state index contributed by atoms with van der Waals surface area (Å²) in [7, 11) is -3.55. The van der Waals surface area contributed by atoms with E-state index in [1.54, 1.807) is 12.1 Å². The highest BCUT2D eigenvalue weighted by Crippen LogP contribution is 2.29. The van der Waals surface area contributed by atoms with Crippen molar-refractivity contribution in [2.75, 3.05) is 13.1 Å². The molecule has 2 rings (SSSR count). The maximum Gasteiger partial charge on any atom is 0.242 e. The summed E-state index contributed by atoms with van der Waals surface area (Å²) in [6.07, 6.45) is 0.796. The van der Waals surface area contributed by atoms with E-state index in [1.165, 1.54) is 6.07 Å². The third-order valence-corrected chi connectivity index (χ3v) is 5.56. The molecule has 1 aliphatic rings. The normalized spacial score (nSPS) is 19.6. The smallest absolute Gasteiger partial charge is 0.242 e. The number of hydrogen-bond donors (Lipinski definition) is 2. The predicted molar refractivity (Wildman–Crippen MR) is 78.0 cm³/mol. The molecule has 0 amide bonds. The standard InChI is InChI=1S/C10H12BrClN2O2S.ClH/c11-8-2-1-3-9(10(8)12)17(15,16)14-7-4-5-13-6-7;/h1-3,7,13-14H,4-6H2;1H. The fraction of sp³-hybridized carbons (Fsp3) is 0.400. The molecule has 1 heterocycles. The van der Waals surface area contributed by atoms with Gasteiger partial charge in [-0.3, -0.25) is 0 Å². The Morgan fingerprint density at radius 1 is 1.44 bits per heavy atom. The van der Waals surface area contributed by atoms with Crippen LogP contribution in [-0.2, 0) is 10.0 Å². The fourth-order valence-corrected chi connectivity index (χ4v) is 4.03. The molecule has 4 nitrogen and oxygen atoms in total. The summed E-state index contributed by atoms with van der Waals surface area (Å²) in [4.78, 5) is 0.112. The van der Waals surface area contributed by atoms with Crippen molar-refractivity contribution >= 4 is 50.0 Å². The van der Waals surface area contributed by atoms with E-state index >= 15 is 0 Å². The number of benzene rings is 1. The van der Waals surface area contributed by atoms with E-state index in [9.17, 15) is 8.42 Å². The number of halogens is 3. The van der Waals surface area contributed by atoms with Gasteiger partial charge in [-0.25, -0.2) is 13.1 Å². The van der Waals surface area contributed by atoms with Crippen molar-refractivity contribution in [2.24, 2.45) is 0 Å². The van der Waals surface area contributed by atoms with Crippen molar-refractivity contribution in [1.82, 2.24) is 10.0 Å². The summed E-state index contributed by atoms with van der Waals surface area (Å²) in [5.41, 5.74) is 0. The average Bonchev–Trinajstić information content (AvgIpc) is 2.73. The van der Waals surface area contributed by atoms with Gasteiger partial charge in [0, 0.05) is 17.1 Å². The van der Waals surface area contributed by atoms with Crippen molar-refractivity contribution in [3.8, 4) is 0 Å². The predicted octanol–water partition coefficient (Wildman–Crippen LogP) is 2.16. The topological polar surface area (TPSA) is 58.2 Å². The van der Waals surface area contributed by atoms with E-state index in [0.717, 1.165) is 13.0 Å². The van der Waals surface area contributed by atoms with Crippen molar-refractivity contribution in [2.45, 2.75) is 17.4 Å². The second-order valence-corrected chi connectivity index (χ2v) is 6.78. The molecule has 8 heteroatoms. The van der Waals surface area contributed by atoms with Crippen molar-refractivity contribution in [3.63, 3.8) is 0 Å². The van der Waals surface area contributed by atoms with E-state index < -0.39 is 10.0 Å². The van der Waals surface area contributed by atoms with Gasteiger partial charge in [-0.1, -0.05) is 17.7 Å². The molecular formula is C10H13BrCl2N2O2S. The summed E-state index contributed by atoms with van der Waals surface area (Å²) in [5.74, 6) is 0. The summed E-state index contributed by atoms with van der Waals surface area (Å²) in [5, 5.41) is 3.32. The molecule has 102 valence electrons. The number of rotatable bonds is 3. The molecule has 1 aliphatic heterocycles. The molecule has 1 unspecified atom stereocenters. The molecule has 2 N–H and O–H groups in total. The SMILES string of the molecule is Cl.O=S(=O)(NC1CCNC1)c1cccc(Br)c1Cl. The maximum atomic E-state index is 12.1. The van der Waals surface area contributed by atoms with Crippen molar-refractivity contribution in [3.05, 3.63) is 27.7 Å². The van der Waals surface area contributed by atoms with Crippen LogP contribution < -0.4 is 10.0 Å². The molecular weight excluding hydrogens is 363 g/mol. The number of sulfonamides is 1. The maximum absolute atomic E-state index is 12.1. The van der Waals surface area contributed by atoms with Crippen LogP contribution in [0.5, 0.6) is 0 Å². The summed E-state index contributed by atoms with van der Waals surface area (Å²) < 4.78 is 27.5. The van der Waals surface area contributed by atoms with Gasteiger partial charge < -0.3 is 5.32 Å². The molecule has 18 heavy (non-hydrogen) atoms. The monoisotopic (exact) mass is 374 g/mol. The Morgan fingerprint density at radius 3 is 2.78 bits per heavy atom. The minimum Gasteiger partial charge on any atom is -0.315 e. The molecule has 1 fully saturated rings. The molecule has 0 radical (unpaired) electrons. The van der Waals surface area contributed by atoms with Crippen LogP contribution in [0, 0.1) is 0 Å². The first-order valence-electron chi connectivity index (χ1n) is 5.18. The Kier molecular flexibility index (Phi) is 5.89. The van der Waals surface area contributed by atoms with Crippen LogP contribution in [0.25, 0.3) is 0 Å². The Hall–Kier alpha value is 0.150. The van der Waals surface area contributed by atoms with Gasteiger partial charge in [0.2, 0.25) is 10.0 Å². The lowest BCUT2D eigenvalue weighted by Crippen LogP contribution is -2.36. The van der Waals surface area contributed by atoms with Crippen LogP contribution in [0.4, 0.5) is 0 Å². The minimum absolute atomic E-state index is 0. The Labute approximate surface area is 126 Å². The van der Waals surface area contributed by atoms with Gasteiger partial charge in [-0.15, -0.1) is 12.4 Å². The zero-order valence-electron chi connectivity index (χ0n) is 9.32. The third-order valence-electron chi connectivity index (χ3n) is 2.59. The van der Waals surface area contributed by atoms with Gasteiger partial charge >= 0.3 is 0 Å². The highest BCUT2D eigenvalue weighted by atomic mass is 79.9. The first-order valence-corrected chi connectivity index (χ1v) is 7.83. The summed E-state index contributed by atoms with van der Waals surface area (Å²) in [6.45, 7) is 1.49. The van der Waals surface area contributed by atoms with Crippen LogP contribution in [-0.4, -0.2) is 27.5 Å². The largest absolute Gasteiger partial charge is 0.315 e.